The number of nitrogens with one attached hydrogen (secondary N) is 1. The van der Waals surface area contributed by atoms with E-state index in [-0.39, 0.29) is 25.3 Å². The van der Waals surface area contributed by atoms with E-state index in [0.29, 0.717) is 11.1 Å². The van der Waals surface area contributed by atoms with Crippen LogP contribution < -0.4 is 5.32 Å². The first-order valence-electron chi connectivity index (χ1n) is 8.97. The summed E-state index contributed by atoms with van der Waals surface area (Å²) >= 11 is 3.37. The monoisotopic (exact) mass is 458 g/mol. The van der Waals surface area contributed by atoms with Crippen molar-refractivity contribution in [1.29, 1.82) is 0 Å². The molecule has 0 aliphatic carbocycles. The van der Waals surface area contributed by atoms with Crippen LogP contribution in [0.25, 0.3) is 0 Å². The van der Waals surface area contributed by atoms with Crippen LogP contribution in [-0.4, -0.2) is 42.2 Å². The van der Waals surface area contributed by atoms with Gasteiger partial charge in [-0.05, 0) is 29.8 Å². The van der Waals surface area contributed by atoms with Crippen molar-refractivity contribution in [1.82, 2.24) is 10.2 Å². The van der Waals surface area contributed by atoms with Crippen LogP contribution in [0.15, 0.2) is 53.0 Å². The number of fused-ring (bicyclic) bond motifs is 1. The van der Waals surface area contributed by atoms with Crippen molar-refractivity contribution < 1.29 is 23.9 Å². The zero-order valence-corrected chi connectivity index (χ0v) is 17.3. The van der Waals surface area contributed by atoms with Crippen LogP contribution in [0, 0.1) is 0 Å². The molecule has 3 rings (SSSR count). The van der Waals surface area contributed by atoms with Gasteiger partial charge in [-0.3, -0.25) is 24.1 Å². The van der Waals surface area contributed by atoms with Gasteiger partial charge in [-0.2, -0.15) is 0 Å². The average Bonchev–Trinajstić information content (AvgIpc) is 2.96. The first-order valence-corrected chi connectivity index (χ1v) is 9.77. The van der Waals surface area contributed by atoms with Gasteiger partial charge in [0, 0.05) is 17.4 Å². The molecule has 1 unspecified atom stereocenters. The number of benzene rings is 2. The zero-order chi connectivity index (χ0) is 21.0. The molecule has 0 spiro atoms. The molecular weight excluding hydrogens is 440 g/mol. The lowest BCUT2D eigenvalue weighted by atomic mass is 10.0. The Labute approximate surface area is 176 Å². The van der Waals surface area contributed by atoms with Crippen LogP contribution in [0.2, 0.25) is 0 Å². The number of hydrogen-bond acceptors (Lipinski definition) is 5. The molecule has 1 aliphatic rings. The number of imide groups is 1. The SMILES string of the molecule is COC(=O)CC(NC(=O)CCN1C(=O)c2ccccc2C1=O)c1cccc(Br)c1. The van der Waals surface area contributed by atoms with E-state index in [2.05, 4.69) is 21.2 Å². The zero-order valence-electron chi connectivity index (χ0n) is 15.7. The lowest BCUT2D eigenvalue weighted by molar-refractivity contribution is -0.141. The van der Waals surface area contributed by atoms with Gasteiger partial charge in [0.2, 0.25) is 5.91 Å². The molecule has 0 saturated carbocycles. The van der Waals surface area contributed by atoms with Gasteiger partial charge in [0.15, 0.2) is 0 Å². The van der Waals surface area contributed by atoms with Crippen LogP contribution in [0.3, 0.4) is 0 Å². The van der Waals surface area contributed by atoms with E-state index in [9.17, 15) is 19.2 Å². The normalized spacial score (nSPS) is 13.8. The van der Waals surface area contributed by atoms with Gasteiger partial charge < -0.3 is 10.1 Å². The van der Waals surface area contributed by atoms with Crippen molar-refractivity contribution in [2.45, 2.75) is 18.9 Å². The highest BCUT2D eigenvalue weighted by atomic mass is 79.9. The molecule has 0 bridgehead atoms. The van der Waals surface area contributed by atoms with Crippen LogP contribution in [0.4, 0.5) is 0 Å². The maximum Gasteiger partial charge on any atom is 0.307 e. The summed E-state index contributed by atoms with van der Waals surface area (Å²) in [6, 6.07) is 13.2. The number of nitrogens with zero attached hydrogens (tertiary/aromatic N) is 1. The first-order chi connectivity index (χ1) is 13.9. The van der Waals surface area contributed by atoms with Gasteiger partial charge in [0.05, 0.1) is 30.7 Å². The quantitative estimate of drug-likeness (QED) is 0.508. The Bertz CT molecular complexity index is 940. The molecule has 0 radical (unpaired) electrons. The molecule has 1 atom stereocenters. The third kappa shape index (κ3) is 4.71. The van der Waals surface area contributed by atoms with Gasteiger partial charge in [-0.15, -0.1) is 0 Å². The molecule has 1 N–H and O–H groups in total. The van der Waals surface area contributed by atoms with Crippen LogP contribution >= 0.6 is 15.9 Å². The summed E-state index contributed by atoms with van der Waals surface area (Å²) < 4.78 is 5.53. The van der Waals surface area contributed by atoms with E-state index in [1.807, 2.05) is 6.07 Å². The Morgan fingerprint density at radius 3 is 2.31 bits per heavy atom. The number of methoxy groups -OCH3 is 1. The van der Waals surface area contributed by atoms with Crippen molar-refractivity contribution >= 4 is 39.6 Å². The van der Waals surface area contributed by atoms with Gasteiger partial charge in [0.25, 0.3) is 11.8 Å². The third-order valence-corrected chi connectivity index (χ3v) is 5.12. The average molecular weight is 459 g/mol. The van der Waals surface area contributed by atoms with Gasteiger partial charge >= 0.3 is 5.97 Å². The lowest BCUT2D eigenvalue weighted by Gasteiger charge is -2.20. The molecule has 0 fully saturated rings. The minimum Gasteiger partial charge on any atom is -0.469 e. The second-order valence-electron chi connectivity index (χ2n) is 6.51. The molecule has 7 nitrogen and oxygen atoms in total. The highest BCUT2D eigenvalue weighted by Gasteiger charge is 2.35. The summed E-state index contributed by atoms with van der Waals surface area (Å²) in [7, 11) is 1.28. The topological polar surface area (TPSA) is 92.8 Å². The molecule has 29 heavy (non-hydrogen) atoms. The summed E-state index contributed by atoms with van der Waals surface area (Å²) in [5, 5.41) is 2.79. The van der Waals surface area contributed by atoms with E-state index in [1.54, 1.807) is 42.5 Å². The van der Waals surface area contributed by atoms with E-state index in [1.165, 1.54) is 7.11 Å². The van der Waals surface area contributed by atoms with Gasteiger partial charge in [-0.1, -0.05) is 40.2 Å². The molecule has 0 aromatic heterocycles. The maximum absolute atomic E-state index is 12.5. The summed E-state index contributed by atoms with van der Waals surface area (Å²) in [6.07, 6.45) is -0.108. The minimum absolute atomic E-state index is 0.0360. The number of amides is 3. The van der Waals surface area contributed by atoms with Crippen LogP contribution in [0.5, 0.6) is 0 Å². The van der Waals surface area contributed by atoms with Gasteiger partial charge in [-0.25, -0.2) is 0 Å². The number of rotatable bonds is 7. The Morgan fingerprint density at radius 1 is 1.07 bits per heavy atom. The molecule has 150 valence electrons. The molecule has 1 aliphatic heterocycles. The predicted molar refractivity (Wildman–Crippen MR) is 108 cm³/mol. The first kappa shape index (κ1) is 20.7. The van der Waals surface area contributed by atoms with Crippen LogP contribution in [-0.2, 0) is 14.3 Å². The Hall–Kier alpha value is -3.00. The van der Waals surface area contributed by atoms with Crippen molar-refractivity contribution in [3.8, 4) is 0 Å². The Morgan fingerprint density at radius 2 is 1.72 bits per heavy atom. The summed E-state index contributed by atoms with van der Waals surface area (Å²) in [5.41, 5.74) is 1.42. The van der Waals surface area contributed by atoms with Crippen molar-refractivity contribution in [3.63, 3.8) is 0 Å². The summed E-state index contributed by atoms with van der Waals surface area (Å²) in [4.78, 5) is 50.1. The van der Waals surface area contributed by atoms with E-state index >= 15 is 0 Å². The fourth-order valence-electron chi connectivity index (χ4n) is 3.15. The Kier molecular flexibility index (Phi) is 6.43. The largest absolute Gasteiger partial charge is 0.469 e. The molecule has 3 amide bonds. The molecule has 0 saturated heterocycles. The van der Waals surface area contributed by atoms with Crippen LogP contribution in [0.1, 0.15) is 45.2 Å². The summed E-state index contributed by atoms with van der Waals surface area (Å²) in [5.74, 6) is -1.65. The van der Waals surface area contributed by atoms with Crippen molar-refractivity contribution in [2.24, 2.45) is 0 Å². The van der Waals surface area contributed by atoms with E-state index in [4.69, 9.17) is 4.74 Å². The highest BCUT2D eigenvalue weighted by molar-refractivity contribution is 9.10. The second-order valence-corrected chi connectivity index (χ2v) is 7.43. The number of carbonyl (C=O) groups excluding carboxylic acids is 4. The van der Waals surface area contributed by atoms with Gasteiger partial charge in [0.1, 0.15) is 0 Å². The maximum atomic E-state index is 12.5. The fourth-order valence-corrected chi connectivity index (χ4v) is 3.56. The summed E-state index contributed by atoms with van der Waals surface area (Å²) in [6.45, 7) is -0.0401. The predicted octanol–water partition coefficient (Wildman–Crippen LogP) is 2.86. The molecule has 2 aromatic carbocycles. The molecule has 2 aromatic rings. The number of hydrogen-bond donors (Lipinski definition) is 1. The fraction of sp³-hybridized carbons (Fsp3) is 0.238. The third-order valence-electron chi connectivity index (χ3n) is 4.63. The number of carbonyl (C=O) groups is 4. The van der Waals surface area contributed by atoms with Crippen molar-refractivity contribution in [2.75, 3.05) is 13.7 Å². The molecule has 1 heterocycles. The molecule has 8 heteroatoms. The minimum atomic E-state index is -0.588. The number of halogens is 1. The Balaban J connectivity index is 1.65. The lowest BCUT2D eigenvalue weighted by Crippen LogP contribution is -2.36. The van der Waals surface area contributed by atoms with Crippen molar-refractivity contribution in [3.05, 3.63) is 69.7 Å². The number of esters is 1. The smallest absolute Gasteiger partial charge is 0.307 e. The second kappa shape index (κ2) is 9.00. The molecular formula is C21H19BrN2O5. The van der Waals surface area contributed by atoms with E-state index in [0.717, 1.165) is 14.9 Å². The highest BCUT2D eigenvalue weighted by Crippen LogP contribution is 2.24. The van der Waals surface area contributed by atoms with E-state index < -0.39 is 23.8 Å². The number of ether oxygens (including phenoxy) is 1. The standard InChI is InChI=1S/C21H19BrN2O5/c1-29-19(26)12-17(13-5-4-6-14(22)11-13)23-18(25)9-10-24-20(27)15-7-2-3-8-16(15)21(24)28/h2-8,11,17H,9-10,12H2,1H3,(H,23,25).